The molecule has 440 valence electrons. The van der Waals surface area contributed by atoms with E-state index in [4.69, 9.17) is 51.0 Å². The Morgan fingerprint density at radius 3 is 1.54 bits per heavy atom. The first-order valence-corrected chi connectivity index (χ1v) is 34.1. The number of benzene rings is 7. The second-order valence-corrected chi connectivity index (χ2v) is 32.4. The van der Waals surface area contributed by atoms with Crippen molar-refractivity contribution in [3.63, 3.8) is 0 Å². The van der Waals surface area contributed by atoms with Crippen LogP contribution in [-0.2, 0) is 59.1 Å². The molecule has 14 nitrogen and oxygen atoms in total. The van der Waals surface area contributed by atoms with Crippen LogP contribution in [-0.4, -0.2) is 87.2 Å². The van der Waals surface area contributed by atoms with E-state index in [0.29, 0.717) is 11.1 Å². The fourth-order valence-electron chi connectivity index (χ4n) is 10.7. The van der Waals surface area contributed by atoms with E-state index < -0.39 is 75.4 Å². The Morgan fingerprint density at radius 1 is 0.631 bits per heavy atom. The van der Waals surface area contributed by atoms with Crippen molar-refractivity contribution in [1.82, 2.24) is 15.7 Å². The van der Waals surface area contributed by atoms with Crippen molar-refractivity contribution in [3.05, 3.63) is 232 Å². The Kier molecular flexibility index (Phi) is 21.4. The van der Waals surface area contributed by atoms with E-state index in [1.54, 1.807) is 12.1 Å². The zero-order valence-electron chi connectivity index (χ0n) is 48.2. The minimum atomic E-state index is -3.40. The third-order valence-electron chi connectivity index (χ3n) is 14.7. The number of halogens is 2. The van der Waals surface area contributed by atoms with E-state index in [1.807, 2.05) is 165 Å². The molecule has 1 aliphatic heterocycles. The number of hydrogen-bond donors (Lipinski definition) is 3. The molecule has 2 amide bonds. The molecule has 0 unspecified atom stereocenters. The number of esters is 2. The zero-order valence-corrected chi connectivity index (χ0v) is 51.7. The average molecular weight is 1210 g/mol. The van der Waals surface area contributed by atoms with E-state index >= 15 is 4.79 Å². The van der Waals surface area contributed by atoms with Gasteiger partial charge in [-0.3, -0.25) is 4.79 Å². The van der Waals surface area contributed by atoms with E-state index in [0.717, 1.165) is 26.6 Å². The summed E-state index contributed by atoms with van der Waals surface area (Å²) in [4.78, 5) is 59.3. The van der Waals surface area contributed by atoms with Crippen LogP contribution in [0, 0.1) is 0 Å². The van der Waals surface area contributed by atoms with Gasteiger partial charge in [-0.1, -0.05) is 226 Å². The molecule has 0 aromatic heterocycles. The van der Waals surface area contributed by atoms with Crippen LogP contribution in [0.4, 0.5) is 4.79 Å². The lowest BCUT2D eigenvalue weighted by atomic mass is 9.85. The molecule has 1 aliphatic rings. The molecule has 0 aliphatic carbocycles. The molecule has 3 N–H and O–H groups in total. The lowest BCUT2D eigenvalue weighted by Gasteiger charge is -2.48. The van der Waals surface area contributed by atoms with Gasteiger partial charge in [0.2, 0.25) is 0 Å². The minimum absolute atomic E-state index is 0.0154. The predicted octanol–water partition coefficient (Wildman–Crippen LogP) is 12.2. The molecule has 8 rings (SSSR count). The van der Waals surface area contributed by atoms with E-state index in [1.165, 1.54) is 12.1 Å². The number of rotatable bonds is 25. The highest BCUT2D eigenvalue weighted by Gasteiger charge is 2.62. The van der Waals surface area contributed by atoms with Gasteiger partial charge in [-0.2, -0.15) is 5.06 Å². The molecule has 0 saturated carbocycles. The molecule has 0 spiro atoms. The van der Waals surface area contributed by atoms with Crippen molar-refractivity contribution < 1.29 is 52.2 Å². The molecule has 1 saturated heterocycles. The minimum Gasteiger partial charge on any atom is -0.486 e. The second-order valence-electron chi connectivity index (χ2n) is 22.9. The maximum Gasteiger partial charge on any atom is 0.407 e. The van der Waals surface area contributed by atoms with Crippen molar-refractivity contribution >= 4 is 74.1 Å². The number of nitrogens with zero attached hydrogens (tertiary/aromatic N) is 1. The molecule has 1 fully saturated rings. The maximum atomic E-state index is 15.7. The van der Waals surface area contributed by atoms with Crippen molar-refractivity contribution in [1.29, 1.82) is 0 Å². The van der Waals surface area contributed by atoms with Gasteiger partial charge in [0.05, 0.1) is 28.8 Å². The summed E-state index contributed by atoms with van der Waals surface area (Å²) in [5.74, 6) is -2.25. The number of carbonyl (C=O) groups excluding carboxylic acids is 4. The normalized spacial score (nSPS) is 16.6. The Morgan fingerprint density at radius 2 is 1.07 bits per heavy atom. The Hall–Kier alpha value is -7.13. The van der Waals surface area contributed by atoms with Crippen molar-refractivity contribution in [2.75, 3.05) is 6.61 Å². The summed E-state index contributed by atoms with van der Waals surface area (Å²) in [6.07, 6.45) is -2.56. The summed E-state index contributed by atoms with van der Waals surface area (Å²) < 4.78 is 38.9. The van der Waals surface area contributed by atoms with E-state index in [9.17, 15) is 19.6 Å². The summed E-state index contributed by atoms with van der Waals surface area (Å²) in [6.45, 7) is 11.8. The molecule has 84 heavy (non-hydrogen) atoms. The Bertz CT molecular complexity index is 3210. The van der Waals surface area contributed by atoms with Gasteiger partial charge in [-0.05, 0) is 88.7 Å². The molecular weight excluding hydrogens is 1140 g/mol. The fourth-order valence-corrected chi connectivity index (χ4v) is 17.0. The van der Waals surface area contributed by atoms with Gasteiger partial charge in [-0.25, -0.2) is 14.4 Å². The first kappa shape index (κ1) is 62.9. The van der Waals surface area contributed by atoms with Crippen molar-refractivity contribution in [3.8, 4) is 5.75 Å². The predicted molar refractivity (Wildman–Crippen MR) is 330 cm³/mol. The smallest absolute Gasteiger partial charge is 0.407 e. The molecule has 7 aromatic carbocycles. The Balaban J connectivity index is 1.20. The van der Waals surface area contributed by atoms with Crippen LogP contribution in [0.15, 0.2) is 194 Å². The zero-order chi connectivity index (χ0) is 59.9. The highest BCUT2D eigenvalue weighted by Crippen LogP contribution is 2.44. The number of ether oxygens (including phenoxy) is 4. The first-order valence-electron chi connectivity index (χ1n) is 28.0. The van der Waals surface area contributed by atoms with Crippen molar-refractivity contribution in [2.24, 2.45) is 0 Å². The van der Waals surface area contributed by atoms with Crippen LogP contribution in [0.5, 0.6) is 5.75 Å². The number of alkyl carbamates (subject to hydrolysis) is 1. The van der Waals surface area contributed by atoms with Gasteiger partial charge in [0.25, 0.3) is 14.2 Å². The molecular formula is C66H73Cl2N3O11Si2. The summed E-state index contributed by atoms with van der Waals surface area (Å²) in [6, 6.07) is 55.9. The third-order valence-corrected chi connectivity index (χ3v) is 21.2. The summed E-state index contributed by atoms with van der Waals surface area (Å²) >= 11 is 13.5. The van der Waals surface area contributed by atoms with Gasteiger partial charge in [0.1, 0.15) is 32.5 Å². The van der Waals surface area contributed by atoms with E-state index in [-0.39, 0.29) is 73.7 Å². The third kappa shape index (κ3) is 15.8. The molecule has 1 heterocycles. The highest BCUT2D eigenvalue weighted by molar-refractivity contribution is 6.99. The fraction of sp³-hybridized carbons (Fsp3) is 0.303. The number of hydrogen-bond acceptors (Lipinski definition) is 12. The molecule has 7 aromatic rings. The quantitative estimate of drug-likeness (QED) is 0.0281. The molecule has 5 atom stereocenters. The van der Waals surface area contributed by atoms with Gasteiger partial charge in [-0.15, -0.1) is 0 Å². The second kappa shape index (κ2) is 28.6. The molecule has 0 bridgehead atoms. The van der Waals surface area contributed by atoms with Gasteiger partial charge in [0.15, 0.2) is 19.6 Å². The largest absolute Gasteiger partial charge is 0.486 e. The summed E-state index contributed by atoms with van der Waals surface area (Å²) in [5, 5.41) is 21.6. The molecule has 0 radical (unpaired) electrons. The Labute approximate surface area is 504 Å². The average Bonchev–Trinajstić information content (AvgIpc) is 2.56. The number of nitrogens with one attached hydrogen (secondary N) is 2. The summed E-state index contributed by atoms with van der Waals surface area (Å²) in [7, 11) is -6.28. The monoisotopic (exact) mass is 1210 g/mol. The number of hydroxylamine groups is 2. The number of amides is 2. The number of carbonyl (C=O) groups is 4. The van der Waals surface area contributed by atoms with E-state index in [2.05, 4.69) is 55.7 Å². The van der Waals surface area contributed by atoms with Crippen LogP contribution in [0.1, 0.15) is 72.6 Å². The van der Waals surface area contributed by atoms with Crippen molar-refractivity contribution in [2.45, 2.75) is 121 Å². The maximum absolute atomic E-state index is 15.7. The van der Waals surface area contributed by atoms with Crippen LogP contribution >= 0.6 is 23.2 Å². The van der Waals surface area contributed by atoms with Gasteiger partial charge < -0.3 is 43.6 Å². The SMILES string of the molecule is CC(C)(C)[Si](OC[C@@H](NC(=O)OCc1ccccc1)[C@H](O[Si](C)(C)C)[C@@]1(C(=O)OCc2ccccc2)CC[C@H](C[C@H](NC(=O)c2cc(Cl)c(OCc3ccccc3)c(Cl)c2)C(=O)OCc2ccccc2)N1O)(c1ccccc1)c1ccccc1. The topological polar surface area (TPSA) is 171 Å². The standard InChI is InChI=1S/C66H73Cl2N3O11Si2/c1-65(2,3)84(53-33-21-11-22-34-53,54-35-23-12-24-36-54)81-46-58(70-64(75)80-45-50-31-19-10-20-32-50)60(82-83(4,5)6)66(63(74)79-44-49-29-17-9-18-30-49)38-37-52(71(66)76)41-57(62(73)78-43-48-27-15-8-16-28-48)69-61(72)51-39-55(67)59(56(68)40-51)77-42-47-25-13-7-14-26-47/h7-36,39-40,52,57-58,60,76H,37-38,41-46H2,1-6H3,(H,69,72)(H,70,75)/t52-,57+,58-,60+,66-/m1/s1. The van der Waals surface area contributed by atoms with Gasteiger partial charge >= 0.3 is 18.0 Å². The summed E-state index contributed by atoms with van der Waals surface area (Å²) in [5.41, 5.74) is 0.891. The lowest BCUT2D eigenvalue weighted by Crippen LogP contribution is -2.71. The van der Waals surface area contributed by atoms with Crippen LogP contribution < -0.4 is 25.7 Å². The van der Waals surface area contributed by atoms with Crippen LogP contribution in [0.3, 0.4) is 0 Å². The van der Waals surface area contributed by atoms with Crippen LogP contribution in [0.2, 0.25) is 34.7 Å². The van der Waals surface area contributed by atoms with Gasteiger partial charge in [0, 0.05) is 11.6 Å². The lowest BCUT2D eigenvalue weighted by molar-refractivity contribution is -0.225. The molecule has 18 heteroatoms. The highest BCUT2D eigenvalue weighted by atomic mass is 35.5. The first-order chi connectivity index (χ1) is 40.3. The van der Waals surface area contributed by atoms with Crippen LogP contribution in [0.25, 0.3) is 0 Å².